The van der Waals surface area contributed by atoms with Crippen LogP contribution in [0.1, 0.15) is 31.4 Å². The van der Waals surface area contributed by atoms with Crippen molar-refractivity contribution in [1.82, 2.24) is 9.80 Å². The molecule has 0 aromatic heterocycles. The minimum Gasteiger partial charge on any atom is -0.342 e. The molecule has 1 aliphatic rings. The maximum atomic E-state index is 13.1. The first-order valence-electron chi connectivity index (χ1n) is 9.80. The minimum atomic E-state index is -0.299. The number of hydrogen-bond acceptors (Lipinski definition) is 2. The van der Waals surface area contributed by atoms with Gasteiger partial charge in [0.05, 0.1) is 5.92 Å². The molecule has 4 nitrogen and oxygen atoms in total. The Morgan fingerprint density at radius 3 is 2.43 bits per heavy atom. The number of carbonyl (C=O) groups is 2. The van der Waals surface area contributed by atoms with Crippen LogP contribution in [0.4, 0.5) is 4.39 Å². The van der Waals surface area contributed by atoms with E-state index in [1.165, 1.54) is 12.1 Å². The molecule has 0 N–H and O–H groups in total. The van der Waals surface area contributed by atoms with E-state index in [1.807, 2.05) is 49.1 Å². The molecule has 0 radical (unpaired) electrons. The normalized spacial score (nSPS) is 16.6. The first-order chi connectivity index (χ1) is 13.4. The lowest BCUT2D eigenvalue weighted by Crippen LogP contribution is -2.41. The SMILES string of the molecule is CC(C)N(Cc1ccccc1)C(=O)C1CC(=O)N(CCc2ccc(F)cc2)C1. The molecule has 1 unspecified atom stereocenters. The van der Waals surface area contributed by atoms with E-state index in [1.54, 1.807) is 17.0 Å². The largest absolute Gasteiger partial charge is 0.342 e. The van der Waals surface area contributed by atoms with Crippen LogP contribution in [0.2, 0.25) is 0 Å². The van der Waals surface area contributed by atoms with Crippen molar-refractivity contribution in [3.05, 3.63) is 71.5 Å². The number of amides is 2. The van der Waals surface area contributed by atoms with Gasteiger partial charge in [0.2, 0.25) is 11.8 Å². The highest BCUT2D eigenvalue weighted by Crippen LogP contribution is 2.23. The molecule has 2 amide bonds. The molecule has 3 rings (SSSR count). The van der Waals surface area contributed by atoms with Gasteiger partial charge in [-0.05, 0) is 43.5 Å². The highest BCUT2D eigenvalue weighted by molar-refractivity contribution is 5.89. The number of carbonyl (C=O) groups excluding carboxylic acids is 2. The lowest BCUT2D eigenvalue weighted by Gasteiger charge is -2.29. The lowest BCUT2D eigenvalue weighted by atomic mass is 10.1. The maximum absolute atomic E-state index is 13.1. The molecule has 5 heteroatoms. The number of likely N-dealkylation sites (tertiary alicyclic amines) is 1. The van der Waals surface area contributed by atoms with E-state index >= 15 is 0 Å². The molecule has 2 aromatic carbocycles. The van der Waals surface area contributed by atoms with Gasteiger partial charge in [-0.25, -0.2) is 4.39 Å². The Morgan fingerprint density at radius 2 is 1.79 bits per heavy atom. The summed E-state index contributed by atoms with van der Waals surface area (Å²) in [7, 11) is 0. The summed E-state index contributed by atoms with van der Waals surface area (Å²) in [4.78, 5) is 29.1. The van der Waals surface area contributed by atoms with Crippen LogP contribution in [0.15, 0.2) is 54.6 Å². The first kappa shape index (κ1) is 20.1. The monoisotopic (exact) mass is 382 g/mol. The van der Waals surface area contributed by atoms with E-state index in [0.717, 1.165) is 11.1 Å². The fourth-order valence-electron chi connectivity index (χ4n) is 3.60. The van der Waals surface area contributed by atoms with Gasteiger partial charge >= 0.3 is 0 Å². The standard InChI is InChI=1S/C23H27FN2O2/c1-17(2)26(15-19-6-4-3-5-7-19)23(28)20-14-22(27)25(16-20)13-12-18-8-10-21(24)11-9-18/h3-11,17,20H,12-16H2,1-2H3. The zero-order chi connectivity index (χ0) is 20.1. The molecule has 1 heterocycles. The number of benzene rings is 2. The van der Waals surface area contributed by atoms with Crippen molar-refractivity contribution in [2.24, 2.45) is 5.92 Å². The zero-order valence-electron chi connectivity index (χ0n) is 16.5. The summed E-state index contributed by atoms with van der Waals surface area (Å²) in [6.45, 7) is 5.57. The highest BCUT2D eigenvalue weighted by atomic mass is 19.1. The van der Waals surface area contributed by atoms with Gasteiger partial charge in [-0.1, -0.05) is 42.5 Å². The van der Waals surface area contributed by atoms with Crippen LogP contribution >= 0.6 is 0 Å². The molecular formula is C23H27FN2O2. The molecule has 1 saturated heterocycles. The van der Waals surface area contributed by atoms with Crippen LogP contribution in [-0.4, -0.2) is 40.7 Å². The topological polar surface area (TPSA) is 40.6 Å². The van der Waals surface area contributed by atoms with Crippen LogP contribution in [-0.2, 0) is 22.6 Å². The fourth-order valence-corrected chi connectivity index (χ4v) is 3.60. The summed E-state index contributed by atoms with van der Waals surface area (Å²) < 4.78 is 13.0. The Kier molecular flexibility index (Phi) is 6.45. The molecular weight excluding hydrogens is 355 g/mol. The Balaban J connectivity index is 1.60. The Labute approximate surface area is 166 Å². The third-order valence-electron chi connectivity index (χ3n) is 5.25. The van der Waals surface area contributed by atoms with E-state index in [2.05, 4.69) is 0 Å². The molecule has 28 heavy (non-hydrogen) atoms. The lowest BCUT2D eigenvalue weighted by molar-refractivity contribution is -0.138. The summed E-state index contributed by atoms with van der Waals surface area (Å²) in [5, 5.41) is 0. The molecule has 0 aliphatic carbocycles. The second kappa shape index (κ2) is 9.00. The fraction of sp³-hybridized carbons (Fsp3) is 0.391. The van der Waals surface area contributed by atoms with Gasteiger partial charge in [0.15, 0.2) is 0 Å². The van der Waals surface area contributed by atoms with E-state index in [0.29, 0.717) is 26.1 Å². The number of hydrogen-bond donors (Lipinski definition) is 0. The van der Waals surface area contributed by atoms with Crippen LogP contribution in [0, 0.1) is 11.7 Å². The average molecular weight is 382 g/mol. The van der Waals surface area contributed by atoms with Crippen LogP contribution in [0.3, 0.4) is 0 Å². The zero-order valence-corrected chi connectivity index (χ0v) is 16.5. The third kappa shape index (κ3) is 4.97. The average Bonchev–Trinajstić information content (AvgIpc) is 3.06. The van der Waals surface area contributed by atoms with Gasteiger partial charge < -0.3 is 9.80 Å². The van der Waals surface area contributed by atoms with Crippen molar-refractivity contribution >= 4 is 11.8 Å². The summed E-state index contributed by atoms with van der Waals surface area (Å²) in [6, 6.07) is 16.3. The summed E-state index contributed by atoms with van der Waals surface area (Å²) in [6.07, 6.45) is 0.922. The van der Waals surface area contributed by atoms with Crippen LogP contribution in [0.5, 0.6) is 0 Å². The molecule has 2 aromatic rings. The van der Waals surface area contributed by atoms with E-state index in [4.69, 9.17) is 0 Å². The predicted octanol–water partition coefficient (Wildman–Crippen LogP) is 3.65. The van der Waals surface area contributed by atoms with E-state index in [9.17, 15) is 14.0 Å². The van der Waals surface area contributed by atoms with Crippen molar-refractivity contribution in [1.29, 1.82) is 0 Å². The van der Waals surface area contributed by atoms with Crippen molar-refractivity contribution in [3.63, 3.8) is 0 Å². The van der Waals surface area contributed by atoms with Gasteiger partial charge in [-0.3, -0.25) is 9.59 Å². The van der Waals surface area contributed by atoms with Crippen LogP contribution < -0.4 is 0 Å². The molecule has 0 saturated carbocycles. The van der Waals surface area contributed by atoms with E-state index in [-0.39, 0.29) is 36.0 Å². The molecule has 148 valence electrons. The third-order valence-corrected chi connectivity index (χ3v) is 5.25. The molecule has 0 bridgehead atoms. The van der Waals surface area contributed by atoms with Gasteiger partial charge in [0, 0.05) is 32.1 Å². The van der Waals surface area contributed by atoms with Crippen molar-refractivity contribution in [3.8, 4) is 0 Å². The number of rotatable bonds is 7. The summed E-state index contributed by atoms with van der Waals surface area (Å²) in [5.41, 5.74) is 2.07. The smallest absolute Gasteiger partial charge is 0.228 e. The second-order valence-corrected chi connectivity index (χ2v) is 7.66. The molecule has 0 spiro atoms. The Hall–Kier alpha value is -2.69. The molecule has 1 aliphatic heterocycles. The Bertz CT molecular complexity index is 805. The summed E-state index contributed by atoms with van der Waals surface area (Å²) >= 11 is 0. The van der Waals surface area contributed by atoms with Crippen molar-refractivity contribution in [2.75, 3.05) is 13.1 Å². The Morgan fingerprint density at radius 1 is 1.11 bits per heavy atom. The minimum absolute atomic E-state index is 0.0175. The number of nitrogens with zero attached hydrogens (tertiary/aromatic N) is 2. The van der Waals surface area contributed by atoms with Crippen LogP contribution in [0.25, 0.3) is 0 Å². The van der Waals surface area contributed by atoms with Crippen molar-refractivity contribution < 1.29 is 14.0 Å². The van der Waals surface area contributed by atoms with E-state index < -0.39 is 0 Å². The summed E-state index contributed by atoms with van der Waals surface area (Å²) in [5.74, 6) is -0.508. The second-order valence-electron chi connectivity index (χ2n) is 7.66. The van der Waals surface area contributed by atoms with Crippen molar-refractivity contribution in [2.45, 2.75) is 39.3 Å². The van der Waals surface area contributed by atoms with Gasteiger partial charge in [-0.15, -0.1) is 0 Å². The van der Waals surface area contributed by atoms with Gasteiger partial charge in [0.1, 0.15) is 5.82 Å². The quantitative estimate of drug-likeness (QED) is 0.733. The molecule has 1 atom stereocenters. The van der Waals surface area contributed by atoms with Gasteiger partial charge in [0.25, 0.3) is 0 Å². The maximum Gasteiger partial charge on any atom is 0.228 e. The number of halogens is 1. The van der Waals surface area contributed by atoms with Gasteiger partial charge in [-0.2, -0.15) is 0 Å². The first-order valence-corrected chi connectivity index (χ1v) is 9.80. The predicted molar refractivity (Wildman–Crippen MR) is 107 cm³/mol. The molecule has 1 fully saturated rings. The highest BCUT2D eigenvalue weighted by Gasteiger charge is 2.36.